The van der Waals surface area contributed by atoms with Gasteiger partial charge in [-0.25, -0.2) is 0 Å². The predicted octanol–water partition coefficient (Wildman–Crippen LogP) is -1.29. The first-order valence-corrected chi connectivity index (χ1v) is 0.716. The largest absolute Gasteiger partial charge is 0.303 e. The zero-order valence-corrected chi connectivity index (χ0v) is 2.50. The van der Waals surface area contributed by atoms with Crippen LogP contribution in [0.1, 0.15) is 0 Å². The Labute approximate surface area is 29.6 Å². The molecule has 0 heterocycles. The summed E-state index contributed by atoms with van der Waals surface area (Å²) in [5, 5.41) is 5.28. The van der Waals surface area contributed by atoms with Crippen molar-refractivity contribution in [3.63, 3.8) is 0 Å². The summed E-state index contributed by atoms with van der Waals surface area (Å²) in [5.74, 6) is 8.72. The Morgan fingerprint density at radius 2 is 1.20 bits per heavy atom. The van der Waals surface area contributed by atoms with Crippen LogP contribution in [0, 0.1) is 0 Å². The van der Waals surface area contributed by atoms with E-state index in [0.29, 0.717) is 0 Å². The summed E-state index contributed by atoms with van der Waals surface area (Å²) in [7, 11) is 0. The van der Waals surface area contributed by atoms with E-state index in [2.05, 4.69) is 22.1 Å². The van der Waals surface area contributed by atoms with Crippen LogP contribution in [0.15, 0.2) is 10.4 Å². The number of nitrogens with two attached hydrogens (primary N) is 2. The molecule has 0 aliphatic rings. The summed E-state index contributed by atoms with van der Waals surface area (Å²) in [6, 6.07) is 0. The molecule has 29 valence electrons. The van der Waals surface area contributed by atoms with Gasteiger partial charge < -0.3 is 11.7 Å². The monoisotopic (exact) mass is 74.0 g/mol. The smallest absolute Gasteiger partial charge is 0 e. The van der Waals surface area contributed by atoms with Crippen molar-refractivity contribution in [2.45, 2.75) is 0 Å². The number of rotatable bonds is 0. The molecule has 0 bridgehead atoms. The van der Waals surface area contributed by atoms with Crippen LogP contribution in [0.2, 0.25) is 0 Å². The fourth-order valence-electron chi connectivity index (χ4n) is 0. The Morgan fingerprint density at radius 1 is 1.00 bits per heavy atom. The third-order valence-corrected chi connectivity index (χ3v) is 0.0667. The van der Waals surface area contributed by atoms with Gasteiger partial charge in [-0.2, -0.15) is 0 Å². The highest BCUT2D eigenvalue weighted by Crippen LogP contribution is 1.32. The number of hydrogen-bond acceptors (Lipinski definition) is 2. The van der Waals surface area contributed by atoms with E-state index in [0.717, 1.165) is 0 Å². The summed E-state index contributed by atoms with van der Waals surface area (Å²) >= 11 is 0. The van der Waals surface area contributed by atoms with Crippen molar-refractivity contribution in [2.24, 2.45) is 22.1 Å². The van der Waals surface area contributed by atoms with Crippen molar-refractivity contribution in [3.05, 3.63) is 0 Å². The topological polar surface area (TPSA) is 107 Å². The van der Waals surface area contributed by atoms with Crippen LogP contribution in [0.3, 0.4) is 0 Å². The second-order valence-electron chi connectivity index (χ2n) is 0.231. The van der Waals surface area contributed by atoms with Gasteiger partial charge in [-0.05, 0) is 0 Å². The van der Waals surface area contributed by atoms with Crippen LogP contribution in [0.5, 0.6) is 0 Å². The Morgan fingerprint density at radius 3 is 1.20 bits per heavy atom. The standard InChI is InChI=1S/H4N4.N/c1-3-4-2;/h(H2,1,4)(H2,2,3);. The van der Waals surface area contributed by atoms with E-state index in [9.17, 15) is 0 Å². The summed E-state index contributed by atoms with van der Waals surface area (Å²) < 4.78 is 0. The summed E-state index contributed by atoms with van der Waals surface area (Å²) in [5.41, 5.74) is 0. The van der Waals surface area contributed by atoms with Gasteiger partial charge in [-0.15, -0.1) is 0 Å². The summed E-state index contributed by atoms with van der Waals surface area (Å²) in [4.78, 5) is 0. The molecule has 0 atom stereocenters. The van der Waals surface area contributed by atoms with Gasteiger partial charge in [-0.3, -0.25) is 0 Å². The molecule has 5 nitrogen and oxygen atoms in total. The normalized spacial score (nSPS) is 7.20. The molecule has 0 rings (SSSR count). The summed E-state index contributed by atoms with van der Waals surface area (Å²) in [6.07, 6.45) is 0. The lowest BCUT2D eigenvalue weighted by Crippen LogP contribution is -1.80. The van der Waals surface area contributed by atoms with Gasteiger partial charge in [0.2, 0.25) is 0 Å². The minimum atomic E-state index is 0. The first-order chi connectivity index (χ1) is 1.91. The molecule has 0 aromatic rings. The number of hydrogen-bond donors (Lipinski definition) is 2. The van der Waals surface area contributed by atoms with Gasteiger partial charge in [0.25, 0.3) is 0 Å². The van der Waals surface area contributed by atoms with E-state index in [-0.39, 0.29) is 6.15 Å². The lowest BCUT2D eigenvalue weighted by atomic mass is 12.6. The third kappa shape index (κ3) is 166. The van der Waals surface area contributed by atoms with Crippen LogP contribution >= 0.6 is 0 Å². The van der Waals surface area contributed by atoms with E-state index in [1.165, 1.54) is 0 Å². The molecule has 3 radical (unpaired) electrons. The Hall–Kier alpha value is -0.840. The molecule has 0 saturated carbocycles. The van der Waals surface area contributed by atoms with Gasteiger partial charge in [0.15, 0.2) is 0 Å². The SMILES string of the molecule is NN=NN.[N]. The van der Waals surface area contributed by atoms with Gasteiger partial charge in [-0.1, -0.05) is 10.4 Å². The second-order valence-corrected chi connectivity index (χ2v) is 0.231. The van der Waals surface area contributed by atoms with Gasteiger partial charge in [0.05, 0.1) is 0 Å². The van der Waals surface area contributed by atoms with Crippen LogP contribution in [-0.4, -0.2) is 0 Å². The zero-order chi connectivity index (χ0) is 3.41. The van der Waals surface area contributed by atoms with Crippen molar-refractivity contribution in [1.29, 1.82) is 0 Å². The van der Waals surface area contributed by atoms with Crippen LogP contribution < -0.4 is 17.8 Å². The minimum absolute atomic E-state index is 0. The molecule has 0 aromatic heterocycles. The highest BCUT2D eigenvalue weighted by atomic mass is 15.4. The lowest BCUT2D eigenvalue weighted by Gasteiger charge is -1.56. The van der Waals surface area contributed by atoms with Crippen LogP contribution in [0.4, 0.5) is 0 Å². The lowest BCUT2D eigenvalue weighted by molar-refractivity contribution is 0.956. The fourth-order valence-corrected chi connectivity index (χ4v) is 0. The zero-order valence-electron chi connectivity index (χ0n) is 2.50. The van der Waals surface area contributed by atoms with Gasteiger partial charge in [0, 0.05) is 6.15 Å². The molecule has 5 heavy (non-hydrogen) atoms. The highest BCUT2D eigenvalue weighted by Gasteiger charge is 1.28. The average Bonchev–Trinajstić information content (AvgIpc) is 1.37. The quantitative estimate of drug-likeness (QED) is 0.212. The molecule has 0 aliphatic heterocycles. The molecular weight excluding hydrogens is 70.0 g/mol. The molecule has 0 amide bonds. The maximum absolute atomic E-state index is 4.36. The molecule has 5 heteroatoms. The highest BCUT2D eigenvalue weighted by molar-refractivity contribution is 3.79. The van der Waals surface area contributed by atoms with E-state index < -0.39 is 0 Å². The Balaban J connectivity index is 0. The average molecular weight is 74.1 g/mol. The first kappa shape index (κ1) is 8.90. The number of nitrogens with zero attached hydrogens (tertiary/aromatic N) is 3. The molecule has 0 unspecified atom stereocenters. The molecule has 0 saturated heterocycles. The molecule has 0 fully saturated rings. The van der Waals surface area contributed by atoms with Crippen molar-refractivity contribution >= 4 is 0 Å². The van der Waals surface area contributed by atoms with E-state index >= 15 is 0 Å². The molecule has 4 N–H and O–H groups in total. The summed E-state index contributed by atoms with van der Waals surface area (Å²) in [6.45, 7) is 0. The third-order valence-electron chi connectivity index (χ3n) is 0.0667. The molecular formula is H4N5. The van der Waals surface area contributed by atoms with Crippen molar-refractivity contribution in [1.82, 2.24) is 6.15 Å². The first-order valence-electron chi connectivity index (χ1n) is 0.716. The Bertz CT molecular complexity index is 15.2. The van der Waals surface area contributed by atoms with Crippen molar-refractivity contribution in [2.75, 3.05) is 0 Å². The Kier molecular flexibility index (Phi) is 19.5. The molecule has 0 aromatic carbocycles. The minimum Gasteiger partial charge on any atom is -0.303 e. The maximum Gasteiger partial charge on any atom is 0 e. The van der Waals surface area contributed by atoms with Gasteiger partial charge in [0.1, 0.15) is 0 Å². The molecule has 0 aliphatic carbocycles. The van der Waals surface area contributed by atoms with Crippen LogP contribution in [0.25, 0.3) is 0 Å². The van der Waals surface area contributed by atoms with Crippen molar-refractivity contribution in [3.8, 4) is 0 Å². The van der Waals surface area contributed by atoms with Crippen molar-refractivity contribution < 1.29 is 0 Å². The van der Waals surface area contributed by atoms with E-state index in [1.54, 1.807) is 0 Å². The van der Waals surface area contributed by atoms with E-state index in [4.69, 9.17) is 0 Å². The maximum atomic E-state index is 4.36. The van der Waals surface area contributed by atoms with Gasteiger partial charge >= 0.3 is 0 Å². The molecule has 0 spiro atoms. The fraction of sp³-hybridized carbons (Fsp3) is 0. The van der Waals surface area contributed by atoms with E-state index in [1.807, 2.05) is 0 Å². The second kappa shape index (κ2) is 11.0. The predicted molar refractivity (Wildman–Crippen MR) is 15.4 cm³/mol. The van der Waals surface area contributed by atoms with Crippen LogP contribution in [-0.2, 0) is 0 Å².